The van der Waals surface area contributed by atoms with Gasteiger partial charge in [-0.05, 0) is 36.1 Å². The van der Waals surface area contributed by atoms with Gasteiger partial charge >= 0.3 is 0 Å². The van der Waals surface area contributed by atoms with Gasteiger partial charge in [-0.1, -0.05) is 0 Å². The Morgan fingerprint density at radius 3 is 2.92 bits per heavy atom. The molecular formula is C9H11FN2. The quantitative estimate of drug-likeness (QED) is 0.571. The van der Waals surface area contributed by atoms with E-state index in [9.17, 15) is 4.39 Å². The highest BCUT2D eigenvalue weighted by atomic mass is 19.1. The van der Waals surface area contributed by atoms with Crippen LogP contribution in [-0.4, -0.2) is 0 Å². The first kappa shape index (κ1) is 7.55. The first-order valence-electron chi connectivity index (χ1n) is 4.02. The van der Waals surface area contributed by atoms with Crippen molar-refractivity contribution in [2.45, 2.75) is 18.9 Å². The van der Waals surface area contributed by atoms with E-state index < -0.39 is 0 Å². The second kappa shape index (κ2) is 2.45. The van der Waals surface area contributed by atoms with E-state index >= 15 is 0 Å². The SMILES string of the molecule is Nc1cc(F)c2c(c1)[C@@H](N)CC2. The fraction of sp³-hybridized carbons (Fsp3) is 0.333. The third-order valence-electron chi connectivity index (χ3n) is 2.36. The Kier molecular flexibility index (Phi) is 1.54. The average Bonchev–Trinajstić information content (AvgIpc) is 2.33. The third-order valence-corrected chi connectivity index (χ3v) is 2.36. The molecule has 4 N–H and O–H groups in total. The second-order valence-corrected chi connectivity index (χ2v) is 3.22. The Hall–Kier alpha value is -1.09. The van der Waals surface area contributed by atoms with E-state index in [1.807, 2.05) is 0 Å². The van der Waals surface area contributed by atoms with Crippen molar-refractivity contribution in [3.05, 3.63) is 29.1 Å². The molecule has 0 amide bonds. The highest BCUT2D eigenvalue weighted by Gasteiger charge is 2.22. The molecule has 0 fully saturated rings. The first-order valence-corrected chi connectivity index (χ1v) is 4.02. The molecule has 0 aromatic heterocycles. The highest BCUT2D eigenvalue weighted by Crippen LogP contribution is 2.32. The van der Waals surface area contributed by atoms with Crippen LogP contribution in [0.5, 0.6) is 0 Å². The molecule has 0 aliphatic heterocycles. The van der Waals surface area contributed by atoms with Crippen molar-refractivity contribution in [1.29, 1.82) is 0 Å². The molecule has 3 heteroatoms. The summed E-state index contributed by atoms with van der Waals surface area (Å²) in [6.07, 6.45) is 1.57. The van der Waals surface area contributed by atoms with Crippen LogP contribution in [0.25, 0.3) is 0 Å². The van der Waals surface area contributed by atoms with Gasteiger partial charge in [-0.2, -0.15) is 0 Å². The maximum absolute atomic E-state index is 13.2. The molecule has 0 spiro atoms. The van der Waals surface area contributed by atoms with Crippen LogP contribution in [0, 0.1) is 5.82 Å². The second-order valence-electron chi connectivity index (χ2n) is 3.22. The van der Waals surface area contributed by atoms with Gasteiger partial charge in [0.2, 0.25) is 0 Å². The lowest BCUT2D eigenvalue weighted by Gasteiger charge is -2.05. The van der Waals surface area contributed by atoms with E-state index in [4.69, 9.17) is 11.5 Å². The standard InChI is InChI=1S/C9H11FN2/c10-8-4-5(11)3-7-6(8)1-2-9(7)12/h3-4,9H,1-2,11-12H2/t9-/m0/s1. The number of fused-ring (bicyclic) bond motifs is 1. The zero-order chi connectivity index (χ0) is 8.72. The van der Waals surface area contributed by atoms with Gasteiger partial charge in [-0.3, -0.25) is 0 Å². The molecular weight excluding hydrogens is 155 g/mol. The van der Waals surface area contributed by atoms with Crippen LogP contribution < -0.4 is 11.5 Å². The normalized spacial score (nSPS) is 21.0. The van der Waals surface area contributed by atoms with E-state index in [0.717, 1.165) is 24.0 Å². The zero-order valence-corrected chi connectivity index (χ0v) is 6.68. The lowest BCUT2D eigenvalue weighted by molar-refractivity contribution is 0.613. The van der Waals surface area contributed by atoms with Crippen molar-refractivity contribution in [2.75, 3.05) is 5.73 Å². The lowest BCUT2D eigenvalue weighted by atomic mass is 10.1. The van der Waals surface area contributed by atoms with Crippen molar-refractivity contribution < 1.29 is 4.39 Å². The monoisotopic (exact) mass is 166 g/mol. The summed E-state index contributed by atoms with van der Waals surface area (Å²) in [5, 5.41) is 0. The summed E-state index contributed by atoms with van der Waals surface area (Å²) in [7, 11) is 0. The summed E-state index contributed by atoms with van der Waals surface area (Å²) in [6, 6.07) is 3.10. The molecule has 64 valence electrons. The number of nitrogens with two attached hydrogens (primary N) is 2. The smallest absolute Gasteiger partial charge is 0.128 e. The van der Waals surface area contributed by atoms with Crippen LogP contribution in [0.1, 0.15) is 23.6 Å². The van der Waals surface area contributed by atoms with Gasteiger partial charge in [0.15, 0.2) is 0 Å². The van der Waals surface area contributed by atoms with Crippen molar-refractivity contribution in [2.24, 2.45) is 5.73 Å². The topological polar surface area (TPSA) is 52.0 Å². The summed E-state index contributed by atoms with van der Waals surface area (Å²) < 4.78 is 13.2. The molecule has 1 aromatic carbocycles. The van der Waals surface area contributed by atoms with Gasteiger partial charge in [0.1, 0.15) is 5.82 Å². The molecule has 2 rings (SSSR count). The maximum atomic E-state index is 13.2. The van der Waals surface area contributed by atoms with E-state index in [2.05, 4.69) is 0 Å². The van der Waals surface area contributed by atoms with Gasteiger partial charge < -0.3 is 11.5 Å². The summed E-state index contributed by atoms with van der Waals surface area (Å²) in [6.45, 7) is 0. The van der Waals surface area contributed by atoms with Crippen molar-refractivity contribution in [3.63, 3.8) is 0 Å². The zero-order valence-electron chi connectivity index (χ0n) is 6.68. The summed E-state index contributed by atoms with van der Waals surface area (Å²) in [5.41, 5.74) is 13.4. The molecule has 1 atom stereocenters. The van der Waals surface area contributed by atoms with Gasteiger partial charge in [-0.15, -0.1) is 0 Å². The number of rotatable bonds is 0. The van der Waals surface area contributed by atoms with E-state index in [1.165, 1.54) is 6.07 Å². The van der Waals surface area contributed by atoms with Gasteiger partial charge in [0, 0.05) is 11.7 Å². The minimum Gasteiger partial charge on any atom is -0.399 e. The Balaban J connectivity index is 2.60. The molecule has 2 nitrogen and oxygen atoms in total. The minimum atomic E-state index is -0.210. The third kappa shape index (κ3) is 0.975. The van der Waals surface area contributed by atoms with Crippen molar-refractivity contribution >= 4 is 5.69 Å². The summed E-state index contributed by atoms with van der Waals surface area (Å²) in [4.78, 5) is 0. The van der Waals surface area contributed by atoms with E-state index in [0.29, 0.717) is 5.69 Å². The number of anilines is 1. The predicted molar refractivity (Wildman–Crippen MR) is 46.1 cm³/mol. The average molecular weight is 166 g/mol. The van der Waals surface area contributed by atoms with Crippen LogP contribution in [0.3, 0.4) is 0 Å². The largest absolute Gasteiger partial charge is 0.399 e. The highest BCUT2D eigenvalue weighted by molar-refractivity contribution is 5.48. The molecule has 12 heavy (non-hydrogen) atoms. The van der Waals surface area contributed by atoms with Crippen molar-refractivity contribution in [3.8, 4) is 0 Å². The molecule has 1 aliphatic rings. The van der Waals surface area contributed by atoms with Gasteiger partial charge in [-0.25, -0.2) is 4.39 Å². The first-order chi connectivity index (χ1) is 5.68. The fourth-order valence-corrected chi connectivity index (χ4v) is 1.73. The van der Waals surface area contributed by atoms with Gasteiger partial charge in [0.05, 0.1) is 0 Å². The maximum Gasteiger partial charge on any atom is 0.128 e. The summed E-state index contributed by atoms with van der Waals surface area (Å²) in [5.74, 6) is -0.210. The Morgan fingerprint density at radius 2 is 2.17 bits per heavy atom. The molecule has 0 saturated carbocycles. The number of benzene rings is 1. The number of hydrogen-bond donors (Lipinski definition) is 2. The van der Waals surface area contributed by atoms with Crippen LogP contribution in [0.4, 0.5) is 10.1 Å². The Morgan fingerprint density at radius 1 is 1.42 bits per heavy atom. The summed E-state index contributed by atoms with van der Waals surface area (Å²) >= 11 is 0. The minimum absolute atomic E-state index is 0.0296. The van der Waals surface area contributed by atoms with E-state index in [-0.39, 0.29) is 11.9 Å². The van der Waals surface area contributed by atoms with Gasteiger partial charge in [0.25, 0.3) is 0 Å². The van der Waals surface area contributed by atoms with Crippen molar-refractivity contribution in [1.82, 2.24) is 0 Å². The molecule has 0 radical (unpaired) electrons. The molecule has 0 heterocycles. The number of hydrogen-bond acceptors (Lipinski definition) is 2. The molecule has 0 saturated heterocycles. The van der Waals surface area contributed by atoms with Crippen LogP contribution in [0.2, 0.25) is 0 Å². The molecule has 0 unspecified atom stereocenters. The Bertz CT molecular complexity index is 323. The molecule has 1 aliphatic carbocycles. The van der Waals surface area contributed by atoms with Crippen LogP contribution in [-0.2, 0) is 6.42 Å². The van der Waals surface area contributed by atoms with Crippen LogP contribution in [0.15, 0.2) is 12.1 Å². The Labute approximate surface area is 70.4 Å². The van der Waals surface area contributed by atoms with Crippen LogP contribution >= 0.6 is 0 Å². The number of nitrogen functional groups attached to an aromatic ring is 1. The molecule has 0 bridgehead atoms. The lowest BCUT2D eigenvalue weighted by Crippen LogP contribution is -2.06. The molecule has 1 aromatic rings. The number of halogens is 1. The predicted octanol–water partition coefficient (Wildman–Crippen LogP) is 1.35. The fourth-order valence-electron chi connectivity index (χ4n) is 1.73. The van der Waals surface area contributed by atoms with E-state index in [1.54, 1.807) is 6.07 Å².